The molecular formula is C23H23FN4O3S. The zero-order valence-electron chi connectivity index (χ0n) is 17.5. The van der Waals surface area contributed by atoms with Crippen molar-refractivity contribution in [2.24, 2.45) is 0 Å². The molecular weight excluding hydrogens is 431 g/mol. The van der Waals surface area contributed by atoms with E-state index in [1.807, 2.05) is 19.1 Å². The molecule has 2 N–H and O–H groups in total. The third-order valence-electron chi connectivity index (χ3n) is 4.66. The van der Waals surface area contributed by atoms with Crippen molar-refractivity contribution in [1.82, 2.24) is 10.3 Å². The van der Waals surface area contributed by atoms with E-state index in [-0.39, 0.29) is 49.5 Å². The molecule has 3 amide bonds. The average Bonchev–Trinajstić information content (AvgIpc) is 3.29. The van der Waals surface area contributed by atoms with E-state index < -0.39 is 0 Å². The highest BCUT2D eigenvalue weighted by molar-refractivity contribution is 7.13. The van der Waals surface area contributed by atoms with Crippen LogP contribution in [0.3, 0.4) is 0 Å². The number of nitrogens with one attached hydrogen (secondary N) is 2. The lowest BCUT2D eigenvalue weighted by molar-refractivity contribution is -0.125. The summed E-state index contributed by atoms with van der Waals surface area (Å²) in [5.41, 5.74) is 2.18. The fourth-order valence-corrected chi connectivity index (χ4v) is 3.54. The molecule has 0 unspecified atom stereocenters. The maximum Gasteiger partial charge on any atom is 0.240 e. The molecule has 0 aliphatic heterocycles. The fraction of sp³-hybridized carbons (Fsp3) is 0.217. The number of benzene rings is 2. The number of para-hydroxylation sites is 1. The Morgan fingerprint density at radius 2 is 1.78 bits per heavy atom. The maximum atomic E-state index is 13.0. The minimum atomic E-state index is -0.363. The van der Waals surface area contributed by atoms with E-state index in [9.17, 15) is 18.8 Å². The van der Waals surface area contributed by atoms with E-state index in [4.69, 9.17) is 0 Å². The predicted molar refractivity (Wildman–Crippen MR) is 122 cm³/mol. The van der Waals surface area contributed by atoms with Gasteiger partial charge in [0.05, 0.1) is 0 Å². The first-order chi connectivity index (χ1) is 15.4. The van der Waals surface area contributed by atoms with E-state index >= 15 is 0 Å². The molecule has 0 radical (unpaired) electrons. The molecule has 0 aliphatic carbocycles. The van der Waals surface area contributed by atoms with Gasteiger partial charge in [0.2, 0.25) is 17.7 Å². The second-order valence-electron chi connectivity index (χ2n) is 7.05. The first-order valence-electron chi connectivity index (χ1n) is 9.99. The topological polar surface area (TPSA) is 91.4 Å². The van der Waals surface area contributed by atoms with Gasteiger partial charge in [0.1, 0.15) is 12.4 Å². The Morgan fingerprint density at radius 1 is 1.03 bits per heavy atom. The summed E-state index contributed by atoms with van der Waals surface area (Å²) in [6, 6.07) is 13.0. The summed E-state index contributed by atoms with van der Waals surface area (Å²) in [6.45, 7) is 1.87. The van der Waals surface area contributed by atoms with Gasteiger partial charge in [0.15, 0.2) is 5.13 Å². The van der Waals surface area contributed by atoms with Gasteiger partial charge in [-0.05, 0) is 36.2 Å². The van der Waals surface area contributed by atoms with Crippen LogP contribution in [0.15, 0.2) is 60.1 Å². The standard InChI is InChI=1S/C23H23FN4O3S/c1-16-4-2-3-5-19(16)28(15-21(30)26-14-17-6-8-18(24)9-7-17)22(31)11-10-20(29)27-23-25-12-13-32-23/h2-9,12-13H,10-11,14-15H2,1H3,(H,26,30)(H,25,27,29). The summed E-state index contributed by atoms with van der Waals surface area (Å²) in [5, 5.41) is 7.60. The van der Waals surface area contributed by atoms with Crippen LogP contribution >= 0.6 is 11.3 Å². The fourth-order valence-electron chi connectivity index (χ4n) is 3.00. The number of aryl methyl sites for hydroxylation is 1. The Morgan fingerprint density at radius 3 is 2.47 bits per heavy atom. The van der Waals surface area contributed by atoms with E-state index in [1.165, 1.54) is 28.4 Å². The van der Waals surface area contributed by atoms with Crippen LogP contribution in [-0.2, 0) is 20.9 Å². The molecule has 0 fully saturated rings. The Kier molecular flexibility index (Phi) is 8.04. The van der Waals surface area contributed by atoms with Crippen molar-refractivity contribution in [2.75, 3.05) is 16.8 Å². The van der Waals surface area contributed by atoms with Gasteiger partial charge in [0.25, 0.3) is 0 Å². The van der Waals surface area contributed by atoms with Crippen LogP contribution < -0.4 is 15.5 Å². The zero-order valence-corrected chi connectivity index (χ0v) is 18.3. The van der Waals surface area contributed by atoms with Crippen molar-refractivity contribution in [3.63, 3.8) is 0 Å². The van der Waals surface area contributed by atoms with Gasteiger partial charge in [0, 0.05) is 36.7 Å². The van der Waals surface area contributed by atoms with Gasteiger partial charge in [-0.15, -0.1) is 11.3 Å². The number of carbonyl (C=O) groups excluding carboxylic acids is 3. The number of anilines is 2. The number of halogens is 1. The van der Waals surface area contributed by atoms with Gasteiger partial charge in [-0.1, -0.05) is 30.3 Å². The molecule has 0 aliphatic rings. The van der Waals surface area contributed by atoms with Crippen LogP contribution in [0.5, 0.6) is 0 Å². The summed E-state index contributed by atoms with van der Waals surface area (Å²) in [7, 11) is 0. The van der Waals surface area contributed by atoms with Crippen LogP contribution in [0.25, 0.3) is 0 Å². The summed E-state index contributed by atoms with van der Waals surface area (Å²) in [4.78, 5) is 43.0. The summed E-state index contributed by atoms with van der Waals surface area (Å²) in [6.07, 6.45) is 1.49. The number of nitrogens with zero attached hydrogens (tertiary/aromatic N) is 2. The molecule has 1 heterocycles. The third-order valence-corrected chi connectivity index (χ3v) is 5.35. The molecule has 3 rings (SSSR count). The predicted octanol–water partition coefficient (Wildman–Crippen LogP) is 3.66. The number of rotatable bonds is 9. The van der Waals surface area contributed by atoms with Crippen molar-refractivity contribution in [2.45, 2.75) is 26.3 Å². The lowest BCUT2D eigenvalue weighted by atomic mass is 10.1. The van der Waals surface area contributed by atoms with Crippen molar-refractivity contribution in [1.29, 1.82) is 0 Å². The summed E-state index contributed by atoms with van der Waals surface area (Å²) >= 11 is 1.29. The molecule has 0 spiro atoms. The molecule has 2 aromatic carbocycles. The summed E-state index contributed by atoms with van der Waals surface area (Å²) in [5.74, 6) is -1.38. The lowest BCUT2D eigenvalue weighted by Gasteiger charge is -2.24. The van der Waals surface area contributed by atoms with Crippen LogP contribution in [0.2, 0.25) is 0 Å². The average molecular weight is 455 g/mol. The molecule has 0 saturated heterocycles. The number of aromatic nitrogens is 1. The Hall–Kier alpha value is -3.59. The Labute approximate surface area is 189 Å². The van der Waals surface area contributed by atoms with Crippen molar-refractivity contribution < 1.29 is 18.8 Å². The van der Waals surface area contributed by atoms with Crippen LogP contribution in [0.1, 0.15) is 24.0 Å². The number of amides is 3. The largest absolute Gasteiger partial charge is 0.350 e. The second kappa shape index (κ2) is 11.1. The highest BCUT2D eigenvalue weighted by Crippen LogP contribution is 2.21. The minimum Gasteiger partial charge on any atom is -0.350 e. The van der Waals surface area contributed by atoms with Crippen molar-refractivity contribution in [3.8, 4) is 0 Å². The SMILES string of the molecule is Cc1ccccc1N(CC(=O)NCc1ccc(F)cc1)C(=O)CCC(=O)Nc1nccs1. The van der Waals surface area contributed by atoms with Crippen LogP contribution in [0.4, 0.5) is 15.2 Å². The van der Waals surface area contributed by atoms with E-state index in [1.54, 1.807) is 35.8 Å². The quantitative estimate of drug-likeness (QED) is 0.516. The van der Waals surface area contributed by atoms with Crippen LogP contribution in [-0.4, -0.2) is 29.3 Å². The highest BCUT2D eigenvalue weighted by Gasteiger charge is 2.21. The smallest absolute Gasteiger partial charge is 0.240 e. The second-order valence-corrected chi connectivity index (χ2v) is 7.95. The van der Waals surface area contributed by atoms with Gasteiger partial charge in [-0.2, -0.15) is 0 Å². The molecule has 0 bridgehead atoms. The van der Waals surface area contributed by atoms with E-state index in [0.717, 1.165) is 11.1 Å². The number of hydrogen-bond acceptors (Lipinski definition) is 5. The van der Waals surface area contributed by atoms with Crippen molar-refractivity contribution >= 4 is 39.9 Å². The number of hydrogen-bond donors (Lipinski definition) is 2. The minimum absolute atomic E-state index is 0.0298. The van der Waals surface area contributed by atoms with Gasteiger partial charge >= 0.3 is 0 Å². The number of thiazole rings is 1. The molecule has 1 aromatic heterocycles. The zero-order chi connectivity index (χ0) is 22.9. The van der Waals surface area contributed by atoms with Gasteiger partial charge in [-0.3, -0.25) is 14.4 Å². The molecule has 0 saturated carbocycles. The first kappa shape index (κ1) is 23.1. The molecule has 7 nitrogen and oxygen atoms in total. The monoisotopic (exact) mass is 454 g/mol. The Bertz CT molecular complexity index is 1070. The van der Waals surface area contributed by atoms with Crippen LogP contribution in [0, 0.1) is 12.7 Å². The molecule has 32 heavy (non-hydrogen) atoms. The van der Waals surface area contributed by atoms with Gasteiger partial charge < -0.3 is 15.5 Å². The Balaban J connectivity index is 1.63. The van der Waals surface area contributed by atoms with Crippen molar-refractivity contribution in [3.05, 3.63) is 77.1 Å². The highest BCUT2D eigenvalue weighted by atomic mass is 32.1. The lowest BCUT2D eigenvalue weighted by Crippen LogP contribution is -2.41. The molecule has 3 aromatic rings. The van der Waals surface area contributed by atoms with Gasteiger partial charge in [-0.25, -0.2) is 9.37 Å². The molecule has 0 atom stereocenters. The number of carbonyl (C=O) groups is 3. The van der Waals surface area contributed by atoms with E-state index in [0.29, 0.717) is 10.8 Å². The van der Waals surface area contributed by atoms with E-state index in [2.05, 4.69) is 15.6 Å². The summed E-state index contributed by atoms with van der Waals surface area (Å²) < 4.78 is 13.0. The third kappa shape index (κ3) is 6.71. The maximum absolute atomic E-state index is 13.0. The molecule has 9 heteroatoms. The first-order valence-corrected chi connectivity index (χ1v) is 10.9. The molecule has 166 valence electrons. The normalized spacial score (nSPS) is 10.4.